The normalized spacial score (nSPS) is 15.2. The van der Waals surface area contributed by atoms with Crippen LogP contribution < -0.4 is 15.0 Å². The van der Waals surface area contributed by atoms with Crippen LogP contribution in [0, 0.1) is 5.82 Å². The standard InChI is InChI=1S/C24H31FN2O5/c1-27(23(28)26-10-13-29-2)21-6-4-18(5-7-21)17-32-22-15-19(14-20(25)16-22)24(30-3)8-11-31-12-9-24/h4-7,14-16H,8-13,17H2,1-3H3,(H,26,28). The zero-order chi connectivity index (χ0) is 23.0. The number of nitrogens with one attached hydrogen (secondary N) is 1. The molecule has 0 radical (unpaired) electrons. The lowest BCUT2D eigenvalue weighted by atomic mass is 9.86. The molecule has 0 unspecified atom stereocenters. The van der Waals surface area contributed by atoms with Gasteiger partial charge in [0.05, 0.1) is 12.2 Å². The van der Waals surface area contributed by atoms with Gasteiger partial charge in [0.25, 0.3) is 0 Å². The molecule has 1 aliphatic rings. The Morgan fingerprint density at radius 2 is 1.88 bits per heavy atom. The molecule has 8 heteroatoms. The molecule has 1 N–H and O–H groups in total. The summed E-state index contributed by atoms with van der Waals surface area (Å²) in [6, 6.07) is 11.9. The van der Waals surface area contributed by atoms with E-state index in [1.807, 2.05) is 30.3 Å². The zero-order valence-corrected chi connectivity index (χ0v) is 18.9. The highest BCUT2D eigenvalue weighted by Gasteiger charge is 2.35. The van der Waals surface area contributed by atoms with Gasteiger partial charge in [-0.2, -0.15) is 0 Å². The van der Waals surface area contributed by atoms with Crippen LogP contribution in [-0.4, -0.2) is 53.7 Å². The molecule has 1 heterocycles. The minimum absolute atomic E-state index is 0.210. The van der Waals surface area contributed by atoms with Crippen molar-refractivity contribution in [3.8, 4) is 5.75 Å². The van der Waals surface area contributed by atoms with Crippen LogP contribution >= 0.6 is 0 Å². The van der Waals surface area contributed by atoms with Crippen LogP contribution in [0.2, 0.25) is 0 Å². The minimum atomic E-state index is -0.561. The molecule has 1 saturated heterocycles. The number of urea groups is 1. The Bertz CT molecular complexity index is 884. The number of carbonyl (C=O) groups excluding carboxylic acids is 1. The van der Waals surface area contributed by atoms with Crippen molar-refractivity contribution in [2.45, 2.75) is 25.0 Å². The number of amides is 2. The second-order valence-corrected chi connectivity index (χ2v) is 7.73. The number of hydrogen-bond acceptors (Lipinski definition) is 5. The smallest absolute Gasteiger partial charge is 0.321 e. The van der Waals surface area contributed by atoms with Gasteiger partial charge in [0.2, 0.25) is 0 Å². The van der Waals surface area contributed by atoms with E-state index >= 15 is 0 Å². The number of benzene rings is 2. The second-order valence-electron chi connectivity index (χ2n) is 7.73. The van der Waals surface area contributed by atoms with Crippen molar-refractivity contribution >= 4 is 11.7 Å². The summed E-state index contributed by atoms with van der Waals surface area (Å²) in [6.07, 6.45) is 1.33. The number of rotatable bonds is 9. The first-order valence-electron chi connectivity index (χ1n) is 10.6. The number of carbonyl (C=O) groups is 1. The van der Waals surface area contributed by atoms with E-state index in [0.29, 0.717) is 45.0 Å². The average Bonchev–Trinajstić information content (AvgIpc) is 2.82. The SMILES string of the molecule is COCCNC(=O)N(C)c1ccc(COc2cc(F)cc(C3(OC)CCOCC3)c2)cc1. The average molecular weight is 447 g/mol. The van der Waals surface area contributed by atoms with Gasteiger partial charge in [-0.1, -0.05) is 12.1 Å². The molecular formula is C24H31FN2O5. The summed E-state index contributed by atoms with van der Waals surface area (Å²) in [4.78, 5) is 13.7. The van der Waals surface area contributed by atoms with Crippen LogP contribution in [0.25, 0.3) is 0 Å². The van der Waals surface area contributed by atoms with E-state index in [2.05, 4.69) is 5.32 Å². The summed E-state index contributed by atoms with van der Waals surface area (Å²) >= 11 is 0. The van der Waals surface area contributed by atoms with Crippen LogP contribution in [0.1, 0.15) is 24.0 Å². The molecule has 1 fully saturated rings. The summed E-state index contributed by atoms with van der Waals surface area (Å²) in [5.41, 5.74) is 1.85. The summed E-state index contributed by atoms with van der Waals surface area (Å²) in [5.74, 6) is 0.0820. The monoisotopic (exact) mass is 446 g/mol. The molecule has 1 aliphatic heterocycles. The maximum absolute atomic E-state index is 14.3. The highest BCUT2D eigenvalue weighted by atomic mass is 19.1. The molecule has 0 atom stereocenters. The van der Waals surface area contributed by atoms with Gasteiger partial charge in [-0.3, -0.25) is 4.90 Å². The van der Waals surface area contributed by atoms with Gasteiger partial charge in [0, 0.05) is 65.6 Å². The van der Waals surface area contributed by atoms with Crippen molar-refractivity contribution in [2.75, 3.05) is 52.5 Å². The van der Waals surface area contributed by atoms with Gasteiger partial charge in [-0.25, -0.2) is 9.18 Å². The molecule has 2 amide bonds. The van der Waals surface area contributed by atoms with Gasteiger partial charge in [-0.05, 0) is 35.4 Å². The molecule has 0 aliphatic carbocycles. The van der Waals surface area contributed by atoms with E-state index in [1.54, 1.807) is 21.3 Å². The molecule has 2 aromatic carbocycles. The first kappa shape index (κ1) is 24.0. The quantitative estimate of drug-likeness (QED) is 0.593. The van der Waals surface area contributed by atoms with E-state index < -0.39 is 5.60 Å². The van der Waals surface area contributed by atoms with Crippen molar-refractivity contribution < 1.29 is 28.1 Å². The van der Waals surface area contributed by atoms with E-state index in [4.69, 9.17) is 18.9 Å². The van der Waals surface area contributed by atoms with E-state index in [1.165, 1.54) is 17.0 Å². The molecule has 2 aromatic rings. The molecular weight excluding hydrogens is 415 g/mol. The van der Waals surface area contributed by atoms with Crippen LogP contribution in [0.4, 0.5) is 14.9 Å². The van der Waals surface area contributed by atoms with Crippen molar-refractivity contribution in [1.29, 1.82) is 0 Å². The molecule has 32 heavy (non-hydrogen) atoms. The Balaban J connectivity index is 1.63. The highest BCUT2D eigenvalue weighted by molar-refractivity contribution is 5.91. The number of methoxy groups -OCH3 is 2. The molecule has 0 aromatic heterocycles. The van der Waals surface area contributed by atoms with E-state index in [9.17, 15) is 9.18 Å². The van der Waals surface area contributed by atoms with Crippen molar-refractivity contribution in [3.05, 3.63) is 59.4 Å². The maximum Gasteiger partial charge on any atom is 0.321 e. The first-order chi connectivity index (χ1) is 15.5. The van der Waals surface area contributed by atoms with Crippen LogP contribution in [-0.2, 0) is 26.4 Å². The van der Waals surface area contributed by atoms with Crippen molar-refractivity contribution in [3.63, 3.8) is 0 Å². The van der Waals surface area contributed by atoms with Gasteiger partial charge < -0.3 is 24.3 Å². The fraction of sp³-hybridized carbons (Fsp3) is 0.458. The minimum Gasteiger partial charge on any atom is -0.489 e. The Hall–Kier alpha value is -2.68. The Morgan fingerprint density at radius 1 is 1.16 bits per heavy atom. The Kier molecular flexibility index (Phi) is 8.44. The molecule has 0 spiro atoms. The van der Waals surface area contributed by atoms with E-state index in [0.717, 1.165) is 16.8 Å². The van der Waals surface area contributed by atoms with Crippen LogP contribution in [0.5, 0.6) is 5.75 Å². The largest absolute Gasteiger partial charge is 0.489 e. The second kappa shape index (κ2) is 11.3. The van der Waals surface area contributed by atoms with Gasteiger partial charge in [-0.15, -0.1) is 0 Å². The maximum atomic E-state index is 14.3. The summed E-state index contributed by atoms with van der Waals surface area (Å²) in [6.45, 7) is 2.32. The third-order valence-electron chi connectivity index (χ3n) is 5.70. The molecule has 174 valence electrons. The lowest BCUT2D eigenvalue weighted by Crippen LogP contribution is -2.38. The molecule has 7 nitrogen and oxygen atoms in total. The fourth-order valence-corrected chi connectivity index (χ4v) is 3.70. The molecule has 0 saturated carbocycles. The predicted octanol–water partition coefficient (Wildman–Crippen LogP) is 3.85. The fourth-order valence-electron chi connectivity index (χ4n) is 3.70. The third-order valence-corrected chi connectivity index (χ3v) is 5.70. The number of nitrogens with zero attached hydrogens (tertiary/aromatic N) is 1. The van der Waals surface area contributed by atoms with Gasteiger partial charge in [0.1, 0.15) is 18.2 Å². The molecule has 0 bridgehead atoms. The number of hydrogen-bond donors (Lipinski definition) is 1. The third kappa shape index (κ3) is 5.97. The van der Waals surface area contributed by atoms with Crippen LogP contribution in [0.3, 0.4) is 0 Å². The summed E-state index contributed by atoms with van der Waals surface area (Å²) < 4.78 is 36.4. The van der Waals surface area contributed by atoms with Gasteiger partial charge in [0.15, 0.2) is 0 Å². The first-order valence-corrected chi connectivity index (χ1v) is 10.6. The summed E-state index contributed by atoms with van der Waals surface area (Å²) in [5, 5.41) is 2.77. The zero-order valence-electron chi connectivity index (χ0n) is 18.9. The van der Waals surface area contributed by atoms with E-state index in [-0.39, 0.29) is 18.5 Å². The topological polar surface area (TPSA) is 69.3 Å². The lowest BCUT2D eigenvalue weighted by molar-refractivity contribution is -0.0950. The Labute approximate surface area is 188 Å². The number of ether oxygens (including phenoxy) is 4. The van der Waals surface area contributed by atoms with Gasteiger partial charge >= 0.3 is 6.03 Å². The van der Waals surface area contributed by atoms with Crippen molar-refractivity contribution in [1.82, 2.24) is 5.32 Å². The number of anilines is 1. The van der Waals surface area contributed by atoms with Crippen molar-refractivity contribution in [2.24, 2.45) is 0 Å². The lowest BCUT2D eigenvalue weighted by Gasteiger charge is -2.36. The summed E-state index contributed by atoms with van der Waals surface area (Å²) in [7, 11) is 4.93. The molecule has 3 rings (SSSR count). The Morgan fingerprint density at radius 3 is 2.53 bits per heavy atom. The number of halogens is 1. The predicted molar refractivity (Wildman–Crippen MR) is 120 cm³/mol. The van der Waals surface area contributed by atoms with Crippen LogP contribution in [0.15, 0.2) is 42.5 Å². The highest BCUT2D eigenvalue weighted by Crippen LogP contribution is 2.37.